The topological polar surface area (TPSA) is 121 Å². The molecule has 0 saturated carbocycles. The van der Waals surface area contributed by atoms with Gasteiger partial charge in [0.05, 0.1) is 17.9 Å². The number of hydrogen-bond donors (Lipinski definition) is 2. The molecule has 2 N–H and O–H groups in total. The molecule has 1 amide bonds. The lowest BCUT2D eigenvalue weighted by molar-refractivity contribution is 0.0981. The number of aromatic nitrogens is 2. The summed E-state index contributed by atoms with van der Waals surface area (Å²) in [7, 11) is -4.48. The Kier molecular flexibility index (Phi) is 8.91. The van der Waals surface area contributed by atoms with E-state index in [0.717, 1.165) is 24.5 Å². The quantitative estimate of drug-likeness (QED) is 0.272. The summed E-state index contributed by atoms with van der Waals surface area (Å²) in [6.07, 6.45) is 3.06. The van der Waals surface area contributed by atoms with E-state index in [1.165, 1.54) is 30.5 Å². The van der Waals surface area contributed by atoms with Crippen molar-refractivity contribution in [3.63, 3.8) is 0 Å². The molecule has 1 aliphatic heterocycles. The van der Waals surface area contributed by atoms with Crippen molar-refractivity contribution in [3.05, 3.63) is 106 Å². The number of nitrogens with one attached hydrogen (secondary N) is 2. The largest absolute Gasteiger partial charge is 0.493 e. The van der Waals surface area contributed by atoms with E-state index in [4.69, 9.17) is 9.72 Å². The molecule has 2 aromatic heterocycles. The van der Waals surface area contributed by atoms with Crippen LogP contribution in [0.25, 0.3) is 11.3 Å². The van der Waals surface area contributed by atoms with E-state index in [1.807, 2.05) is 41.7 Å². The number of halogens is 1. The minimum atomic E-state index is -4.48. The van der Waals surface area contributed by atoms with Crippen molar-refractivity contribution in [2.24, 2.45) is 5.92 Å². The molecule has 0 bridgehead atoms. The van der Waals surface area contributed by atoms with E-state index in [-0.39, 0.29) is 23.2 Å². The van der Waals surface area contributed by atoms with Crippen LogP contribution in [-0.4, -0.2) is 44.0 Å². The van der Waals surface area contributed by atoms with Crippen molar-refractivity contribution in [1.29, 1.82) is 0 Å². The Hall–Kier alpha value is -4.51. The fourth-order valence-electron chi connectivity index (χ4n) is 5.10. The Labute approximate surface area is 249 Å². The van der Waals surface area contributed by atoms with Crippen LogP contribution < -0.4 is 19.9 Å². The van der Waals surface area contributed by atoms with E-state index in [0.29, 0.717) is 36.7 Å². The van der Waals surface area contributed by atoms with E-state index >= 15 is 0 Å². The predicted molar refractivity (Wildman–Crippen MR) is 162 cm³/mol. The maximum atomic E-state index is 14.6. The number of amides is 1. The first kappa shape index (κ1) is 30.0. The van der Waals surface area contributed by atoms with E-state index < -0.39 is 32.2 Å². The fraction of sp³-hybridized carbons (Fsp3) is 0.281. The highest BCUT2D eigenvalue weighted by molar-refractivity contribution is 7.90. The molecule has 11 heteroatoms. The number of aromatic amines is 1. The summed E-state index contributed by atoms with van der Waals surface area (Å²) in [6, 6.07) is 19.8. The molecule has 5 rings (SSSR count). The zero-order valence-corrected chi connectivity index (χ0v) is 24.7. The Morgan fingerprint density at radius 1 is 1.12 bits per heavy atom. The zero-order valence-electron chi connectivity index (χ0n) is 23.9. The summed E-state index contributed by atoms with van der Waals surface area (Å²) >= 11 is 0. The zero-order chi connectivity index (χ0) is 30.6. The molecule has 4 aromatic rings. The lowest BCUT2D eigenvalue weighted by Crippen LogP contribution is -2.38. The number of nitrogens with zero attached hydrogens (tertiary/aromatic N) is 2. The molecule has 1 aliphatic rings. The van der Waals surface area contributed by atoms with Crippen LogP contribution in [0.3, 0.4) is 0 Å². The third-order valence-electron chi connectivity index (χ3n) is 7.16. The van der Waals surface area contributed by atoms with E-state index in [2.05, 4.69) is 17.1 Å². The van der Waals surface area contributed by atoms with Gasteiger partial charge in [0.15, 0.2) is 4.90 Å². The first-order valence-electron chi connectivity index (χ1n) is 14.1. The molecule has 1 atom stereocenters. The number of sulfonamides is 1. The van der Waals surface area contributed by atoms with Crippen LogP contribution in [-0.2, 0) is 10.0 Å². The average Bonchev–Trinajstić information content (AvgIpc) is 3.00. The van der Waals surface area contributed by atoms with Crippen LogP contribution >= 0.6 is 0 Å². The van der Waals surface area contributed by atoms with Gasteiger partial charge < -0.3 is 14.6 Å². The van der Waals surface area contributed by atoms with E-state index in [1.54, 1.807) is 12.1 Å². The normalized spacial score (nSPS) is 15.3. The van der Waals surface area contributed by atoms with Crippen molar-refractivity contribution in [3.8, 4) is 17.0 Å². The first-order chi connectivity index (χ1) is 20.6. The lowest BCUT2D eigenvalue weighted by atomic mass is 9.90. The summed E-state index contributed by atoms with van der Waals surface area (Å²) in [5, 5.41) is 0. The van der Waals surface area contributed by atoms with Crippen LogP contribution in [0.15, 0.2) is 88.7 Å². The molecule has 224 valence electrons. The molecule has 0 spiro atoms. The smallest absolute Gasteiger partial charge is 0.269 e. The number of carbonyl (C=O) groups is 1. The second kappa shape index (κ2) is 12.8. The van der Waals surface area contributed by atoms with Crippen molar-refractivity contribution >= 4 is 21.7 Å². The van der Waals surface area contributed by atoms with Crippen molar-refractivity contribution in [2.75, 3.05) is 24.6 Å². The van der Waals surface area contributed by atoms with Gasteiger partial charge >= 0.3 is 0 Å². The summed E-state index contributed by atoms with van der Waals surface area (Å²) in [5.74, 6) is -0.402. The van der Waals surface area contributed by atoms with Gasteiger partial charge in [-0.15, -0.1) is 0 Å². The minimum absolute atomic E-state index is 0.0149. The number of H-pyrrole nitrogens is 1. The number of hydrogen-bond acceptors (Lipinski definition) is 7. The Morgan fingerprint density at radius 3 is 2.65 bits per heavy atom. The van der Waals surface area contributed by atoms with Gasteiger partial charge in [0.1, 0.15) is 17.4 Å². The predicted octanol–water partition coefficient (Wildman–Crippen LogP) is 5.11. The number of anilines is 1. The van der Waals surface area contributed by atoms with Gasteiger partial charge in [0.2, 0.25) is 0 Å². The third-order valence-corrected chi connectivity index (χ3v) is 8.52. The van der Waals surface area contributed by atoms with Crippen LogP contribution in [0.5, 0.6) is 5.75 Å². The first-order valence-corrected chi connectivity index (χ1v) is 15.6. The highest BCUT2D eigenvalue weighted by Crippen LogP contribution is 2.33. The molecule has 2 aromatic carbocycles. The summed E-state index contributed by atoms with van der Waals surface area (Å²) in [5.41, 5.74) is 1.16. The number of piperidine rings is 1. The number of pyridine rings is 2. The van der Waals surface area contributed by atoms with Crippen molar-refractivity contribution in [2.45, 2.75) is 37.5 Å². The fourth-order valence-corrected chi connectivity index (χ4v) is 6.13. The van der Waals surface area contributed by atoms with E-state index in [9.17, 15) is 22.4 Å². The third kappa shape index (κ3) is 7.11. The Morgan fingerprint density at radius 2 is 1.91 bits per heavy atom. The van der Waals surface area contributed by atoms with Crippen LogP contribution in [0.4, 0.5) is 10.2 Å². The van der Waals surface area contributed by atoms with Gasteiger partial charge in [-0.2, -0.15) is 0 Å². The summed E-state index contributed by atoms with van der Waals surface area (Å²) < 4.78 is 48.4. The second-order valence-corrected chi connectivity index (χ2v) is 12.6. The standard InChI is InChI=1S/C32H33FN4O5S/c1-21(2)20-42-26-17-24(16-25(33)18-26)28-13-12-27(31(38)36-43(40,41)29-11-6-14-34-32(29)39)30(35-28)37-15-7-10-23(19-37)22-8-4-3-5-9-22/h3-6,8-9,11-14,16-18,21,23H,7,10,15,19-20H2,1-2H3,(H,34,39)(H,36,38)/t23-/m1/s1. The maximum Gasteiger partial charge on any atom is 0.269 e. The lowest BCUT2D eigenvalue weighted by Gasteiger charge is -2.35. The molecule has 1 fully saturated rings. The van der Waals surface area contributed by atoms with Gasteiger partial charge in [-0.05, 0) is 60.7 Å². The molecule has 0 unspecified atom stereocenters. The molecule has 0 radical (unpaired) electrons. The molecular formula is C32H33FN4O5S. The van der Waals surface area contributed by atoms with Crippen LogP contribution in [0, 0.1) is 11.7 Å². The van der Waals surface area contributed by atoms with Crippen LogP contribution in [0.2, 0.25) is 0 Å². The SMILES string of the molecule is CC(C)COc1cc(F)cc(-c2ccc(C(=O)NS(=O)(=O)c3ccc[nH]c3=O)c(N3CCC[C@@H](c4ccccc4)C3)n2)c1. The Bertz CT molecular complexity index is 1780. The molecule has 9 nitrogen and oxygen atoms in total. The second-order valence-electron chi connectivity index (χ2n) is 10.9. The number of carbonyl (C=O) groups excluding carboxylic acids is 1. The van der Waals surface area contributed by atoms with Crippen molar-refractivity contribution in [1.82, 2.24) is 14.7 Å². The molecule has 3 heterocycles. The van der Waals surface area contributed by atoms with Gasteiger partial charge in [0, 0.05) is 36.8 Å². The highest BCUT2D eigenvalue weighted by atomic mass is 32.2. The molecular weight excluding hydrogens is 571 g/mol. The van der Waals surface area contributed by atoms with Gasteiger partial charge in [-0.25, -0.2) is 22.5 Å². The van der Waals surface area contributed by atoms with Gasteiger partial charge in [-0.3, -0.25) is 9.59 Å². The molecule has 43 heavy (non-hydrogen) atoms. The number of ether oxygens (including phenoxy) is 1. The summed E-state index contributed by atoms with van der Waals surface area (Å²) in [6.45, 7) is 5.52. The van der Waals surface area contributed by atoms with Gasteiger partial charge in [0.25, 0.3) is 21.5 Å². The monoisotopic (exact) mass is 604 g/mol. The van der Waals surface area contributed by atoms with Gasteiger partial charge in [-0.1, -0.05) is 44.2 Å². The number of rotatable bonds is 9. The maximum absolute atomic E-state index is 14.6. The highest BCUT2D eigenvalue weighted by Gasteiger charge is 2.29. The average molecular weight is 605 g/mol. The Balaban J connectivity index is 1.54. The minimum Gasteiger partial charge on any atom is -0.493 e. The number of benzene rings is 2. The summed E-state index contributed by atoms with van der Waals surface area (Å²) in [4.78, 5) is 34.2. The molecule has 1 saturated heterocycles. The molecule has 0 aliphatic carbocycles. The van der Waals surface area contributed by atoms with Crippen LogP contribution in [0.1, 0.15) is 48.5 Å². The van der Waals surface area contributed by atoms with Crippen molar-refractivity contribution < 1.29 is 22.3 Å².